The average Bonchev–Trinajstić information content (AvgIpc) is 2.81. The van der Waals surface area contributed by atoms with Gasteiger partial charge < -0.3 is 10.1 Å². The lowest BCUT2D eigenvalue weighted by molar-refractivity contribution is 0.416. The van der Waals surface area contributed by atoms with E-state index in [1.54, 1.807) is 18.4 Å². The van der Waals surface area contributed by atoms with Gasteiger partial charge in [0.05, 0.1) is 13.2 Å². The second kappa shape index (κ2) is 5.54. The Morgan fingerprint density at radius 3 is 2.53 bits per heavy atom. The molecule has 0 aliphatic heterocycles. The molecule has 90 valence electrons. The smallest absolute Gasteiger partial charge is 0.129 e. The predicted octanol–water partition coefficient (Wildman–Crippen LogP) is 3.72. The summed E-state index contributed by atoms with van der Waals surface area (Å²) in [6, 6.07) is 10.1. The van der Waals surface area contributed by atoms with Crippen molar-refractivity contribution >= 4 is 22.9 Å². The molecule has 2 aromatic rings. The molecule has 0 aliphatic rings. The van der Waals surface area contributed by atoms with Crippen molar-refractivity contribution in [3.8, 4) is 5.75 Å². The van der Waals surface area contributed by atoms with Crippen LogP contribution >= 0.6 is 22.9 Å². The lowest BCUT2D eigenvalue weighted by atomic mass is 10.1. The van der Waals surface area contributed by atoms with Gasteiger partial charge in [-0.05, 0) is 30.8 Å². The van der Waals surface area contributed by atoms with Gasteiger partial charge in [0, 0.05) is 15.3 Å². The van der Waals surface area contributed by atoms with E-state index in [4.69, 9.17) is 16.3 Å². The van der Waals surface area contributed by atoms with E-state index in [0.29, 0.717) is 0 Å². The quantitative estimate of drug-likeness (QED) is 0.912. The summed E-state index contributed by atoms with van der Waals surface area (Å²) in [6.45, 7) is 0. The molecular formula is C13H14ClNOS. The van der Waals surface area contributed by atoms with Gasteiger partial charge in [0.1, 0.15) is 5.75 Å². The first-order valence-corrected chi connectivity index (χ1v) is 6.55. The maximum Gasteiger partial charge on any atom is 0.129 e. The zero-order valence-corrected chi connectivity index (χ0v) is 11.3. The molecule has 17 heavy (non-hydrogen) atoms. The van der Waals surface area contributed by atoms with Crippen molar-refractivity contribution in [3.63, 3.8) is 0 Å². The summed E-state index contributed by atoms with van der Waals surface area (Å²) in [5, 5.41) is 6.07. The summed E-state index contributed by atoms with van der Waals surface area (Å²) < 4.78 is 5.21. The monoisotopic (exact) mass is 267 g/mol. The SMILES string of the molecule is CNC(c1ccc(Cl)cc1)c1cc(OC)cs1. The second-order valence-electron chi connectivity index (χ2n) is 3.66. The summed E-state index contributed by atoms with van der Waals surface area (Å²) in [5.41, 5.74) is 1.20. The van der Waals surface area contributed by atoms with Gasteiger partial charge in [0.25, 0.3) is 0 Å². The molecule has 0 amide bonds. The number of nitrogens with one attached hydrogen (secondary N) is 1. The maximum atomic E-state index is 5.89. The molecule has 0 saturated heterocycles. The minimum absolute atomic E-state index is 0.182. The summed E-state index contributed by atoms with van der Waals surface area (Å²) in [4.78, 5) is 1.23. The summed E-state index contributed by atoms with van der Waals surface area (Å²) >= 11 is 7.58. The standard InChI is InChI=1S/C13H14ClNOS/c1-15-13(9-3-5-10(14)6-4-9)12-7-11(16-2)8-17-12/h3-8,13,15H,1-2H3. The fourth-order valence-corrected chi connectivity index (χ4v) is 2.84. The number of ether oxygens (including phenoxy) is 1. The van der Waals surface area contributed by atoms with Crippen molar-refractivity contribution in [2.45, 2.75) is 6.04 Å². The molecule has 1 aromatic carbocycles. The van der Waals surface area contributed by atoms with Crippen molar-refractivity contribution in [1.29, 1.82) is 0 Å². The third-order valence-corrected chi connectivity index (χ3v) is 3.84. The van der Waals surface area contributed by atoms with Crippen molar-refractivity contribution in [2.75, 3.05) is 14.2 Å². The van der Waals surface area contributed by atoms with Crippen LogP contribution in [0.25, 0.3) is 0 Å². The van der Waals surface area contributed by atoms with Crippen LogP contribution in [0.1, 0.15) is 16.5 Å². The first-order chi connectivity index (χ1) is 8.24. The van der Waals surface area contributed by atoms with Gasteiger partial charge in [-0.3, -0.25) is 0 Å². The number of hydrogen-bond acceptors (Lipinski definition) is 3. The topological polar surface area (TPSA) is 21.3 Å². The molecule has 0 aliphatic carbocycles. The summed E-state index contributed by atoms with van der Waals surface area (Å²) in [5.74, 6) is 0.902. The van der Waals surface area contributed by atoms with Crippen LogP contribution in [0, 0.1) is 0 Å². The van der Waals surface area contributed by atoms with E-state index in [2.05, 4.69) is 11.4 Å². The Balaban J connectivity index is 2.29. The average molecular weight is 268 g/mol. The molecule has 0 saturated carbocycles. The van der Waals surface area contributed by atoms with E-state index in [0.717, 1.165) is 10.8 Å². The van der Waals surface area contributed by atoms with E-state index in [1.807, 2.05) is 36.7 Å². The number of halogens is 1. The molecule has 0 bridgehead atoms. The molecule has 4 heteroatoms. The van der Waals surface area contributed by atoms with Gasteiger partial charge in [0.2, 0.25) is 0 Å². The van der Waals surface area contributed by atoms with Crippen LogP contribution in [0.2, 0.25) is 5.02 Å². The Morgan fingerprint density at radius 1 is 1.29 bits per heavy atom. The minimum Gasteiger partial charge on any atom is -0.496 e. The van der Waals surface area contributed by atoms with E-state index in [-0.39, 0.29) is 6.04 Å². The van der Waals surface area contributed by atoms with Gasteiger partial charge in [-0.15, -0.1) is 11.3 Å². The third kappa shape index (κ3) is 2.80. The number of benzene rings is 1. The zero-order valence-electron chi connectivity index (χ0n) is 9.74. The number of hydrogen-bond donors (Lipinski definition) is 1. The van der Waals surface area contributed by atoms with Crippen molar-refractivity contribution < 1.29 is 4.74 Å². The van der Waals surface area contributed by atoms with Crippen LogP contribution in [0.3, 0.4) is 0 Å². The highest BCUT2D eigenvalue weighted by Gasteiger charge is 2.14. The first-order valence-electron chi connectivity index (χ1n) is 5.29. The molecular weight excluding hydrogens is 254 g/mol. The van der Waals surface area contributed by atoms with Gasteiger partial charge in [0.15, 0.2) is 0 Å². The van der Waals surface area contributed by atoms with Crippen LogP contribution in [-0.2, 0) is 0 Å². The van der Waals surface area contributed by atoms with Gasteiger partial charge in [-0.2, -0.15) is 0 Å². The van der Waals surface area contributed by atoms with Gasteiger partial charge in [-0.1, -0.05) is 23.7 Å². The van der Waals surface area contributed by atoms with Crippen LogP contribution in [0.5, 0.6) is 5.75 Å². The summed E-state index contributed by atoms with van der Waals surface area (Å²) in [6.07, 6.45) is 0. The summed E-state index contributed by atoms with van der Waals surface area (Å²) in [7, 11) is 3.63. The van der Waals surface area contributed by atoms with Crippen LogP contribution in [0.15, 0.2) is 35.7 Å². The lowest BCUT2D eigenvalue weighted by Gasteiger charge is -2.14. The van der Waals surface area contributed by atoms with Gasteiger partial charge in [-0.25, -0.2) is 0 Å². The first kappa shape index (κ1) is 12.4. The molecule has 0 spiro atoms. The molecule has 1 aromatic heterocycles. The van der Waals surface area contributed by atoms with Crippen molar-refractivity contribution in [2.24, 2.45) is 0 Å². The third-order valence-electron chi connectivity index (χ3n) is 2.61. The van der Waals surface area contributed by atoms with Crippen LogP contribution in [0.4, 0.5) is 0 Å². The highest BCUT2D eigenvalue weighted by atomic mass is 35.5. The molecule has 1 unspecified atom stereocenters. The number of thiophene rings is 1. The van der Waals surface area contributed by atoms with Crippen molar-refractivity contribution in [1.82, 2.24) is 5.32 Å². The highest BCUT2D eigenvalue weighted by molar-refractivity contribution is 7.10. The van der Waals surface area contributed by atoms with Gasteiger partial charge >= 0.3 is 0 Å². The Hall–Kier alpha value is -1.03. The Labute approximate surface area is 110 Å². The Bertz CT molecular complexity index is 480. The molecule has 1 atom stereocenters. The molecule has 1 N–H and O–H groups in total. The van der Waals surface area contributed by atoms with E-state index >= 15 is 0 Å². The number of methoxy groups -OCH3 is 1. The molecule has 2 rings (SSSR count). The van der Waals surface area contributed by atoms with E-state index in [9.17, 15) is 0 Å². The Kier molecular flexibility index (Phi) is 4.05. The van der Waals surface area contributed by atoms with E-state index < -0.39 is 0 Å². The Morgan fingerprint density at radius 2 is 2.00 bits per heavy atom. The predicted molar refractivity (Wildman–Crippen MR) is 73.2 cm³/mol. The second-order valence-corrected chi connectivity index (χ2v) is 5.04. The maximum absolute atomic E-state index is 5.89. The number of rotatable bonds is 4. The fourth-order valence-electron chi connectivity index (χ4n) is 1.72. The molecule has 1 heterocycles. The van der Waals surface area contributed by atoms with Crippen molar-refractivity contribution in [3.05, 3.63) is 51.2 Å². The lowest BCUT2D eigenvalue weighted by Crippen LogP contribution is -2.16. The highest BCUT2D eigenvalue weighted by Crippen LogP contribution is 2.31. The molecule has 0 fully saturated rings. The van der Waals surface area contributed by atoms with Crippen LogP contribution < -0.4 is 10.1 Å². The largest absolute Gasteiger partial charge is 0.496 e. The fraction of sp³-hybridized carbons (Fsp3) is 0.231. The molecule has 2 nitrogen and oxygen atoms in total. The van der Waals surface area contributed by atoms with Crippen LogP contribution in [-0.4, -0.2) is 14.2 Å². The zero-order chi connectivity index (χ0) is 12.3. The molecule has 0 radical (unpaired) electrons. The van der Waals surface area contributed by atoms with E-state index in [1.165, 1.54) is 10.4 Å². The minimum atomic E-state index is 0.182. The normalized spacial score (nSPS) is 12.4.